The molecule has 1 aromatic rings. The number of benzene rings is 1. The molecule has 0 fully saturated rings. The highest BCUT2D eigenvalue weighted by atomic mass is 19.4. The van der Waals surface area contributed by atoms with E-state index in [0.717, 1.165) is 18.5 Å². The van der Waals surface area contributed by atoms with Crippen LogP contribution in [0, 0.1) is 0 Å². The predicted molar refractivity (Wildman–Crippen MR) is 65.1 cm³/mol. The second-order valence-corrected chi connectivity index (χ2v) is 4.77. The Kier molecular flexibility index (Phi) is 3.80. The third-order valence-corrected chi connectivity index (χ3v) is 3.26. The van der Waals surface area contributed by atoms with Gasteiger partial charge in [0.1, 0.15) is 0 Å². The Balaban J connectivity index is 1.88. The van der Waals surface area contributed by atoms with Gasteiger partial charge in [-0.1, -0.05) is 6.07 Å². The van der Waals surface area contributed by atoms with Crippen molar-refractivity contribution in [2.24, 2.45) is 0 Å². The summed E-state index contributed by atoms with van der Waals surface area (Å²) in [6.45, 7) is 2.03. The Morgan fingerprint density at radius 2 is 2.00 bits per heavy atom. The standard InChI is InChI=1S/C13H17F3N2/c14-13(15,16)5-1-6-18-7-4-10-2-3-12(17)8-11(10)9-18/h2-3,8H,1,4-7,9,17H2. The molecule has 0 unspecified atom stereocenters. The van der Waals surface area contributed by atoms with E-state index in [1.165, 1.54) is 5.56 Å². The predicted octanol–water partition coefficient (Wildman–Crippen LogP) is 2.97. The van der Waals surface area contributed by atoms with E-state index in [1.807, 2.05) is 18.2 Å². The summed E-state index contributed by atoms with van der Waals surface area (Å²) >= 11 is 0. The maximum Gasteiger partial charge on any atom is 0.389 e. The quantitative estimate of drug-likeness (QED) is 0.844. The van der Waals surface area contributed by atoms with E-state index in [4.69, 9.17) is 5.73 Å². The van der Waals surface area contributed by atoms with Crippen LogP contribution in [-0.4, -0.2) is 24.2 Å². The first-order valence-corrected chi connectivity index (χ1v) is 6.10. The lowest BCUT2D eigenvalue weighted by atomic mass is 9.99. The zero-order valence-corrected chi connectivity index (χ0v) is 10.1. The van der Waals surface area contributed by atoms with Gasteiger partial charge in [-0.3, -0.25) is 4.90 Å². The van der Waals surface area contributed by atoms with E-state index in [-0.39, 0.29) is 6.42 Å². The molecule has 2 N–H and O–H groups in total. The third-order valence-electron chi connectivity index (χ3n) is 3.26. The van der Waals surface area contributed by atoms with Crippen LogP contribution >= 0.6 is 0 Å². The molecule has 0 radical (unpaired) electrons. The van der Waals surface area contributed by atoms with Gasteiger partial charge in [-0.05, 0) is 42.6 Å². The third kappa shape index (κ3) is 3.63. The smallest absolute Gasteiger partial charge is 0.389 e. The number of fused-ring (bicyclic) bond motifs is 1. The van der Waals surface area contributed by atoms with Crippen molar-refractivity contribution in [3.63, 3.8) is 0 Å². The van der Waals surface area contributed by atoms with Crippen LogP contribution in [0.15, 0.2) is 18.2 Å². The van der Waals surface area contributed by atoms with Crippen LogP contribution in [-0.2, 0) is 13.0 Å². The lowest BCUT2D eigenvalue weighted by molar-refractivity contribution is -0.136. The molecule has 2 rings (SSSR count). The number of halogens is 3. The Morgan fingerprint density at radius 1 is 1.22 bits per heavy atom. The first kappa shape index (κ1) is 13.2. The minimum atomic E-state index is -4.04. The normalized spacial score (nSPS) is 16.6. The van der Waals surface area contributed by atoms with Crippen molar-refractivity contribution in [2.45, 2.75) is 32.0 Å². The van der Waals surface area contributed by atoms with E-state index in [2.05, 4.69) is 4.90 Å². The molecular weight excluding hydrogens is 241 g/mol. The van der Waals surface area contributed by atoms with Gasteiger partial charge in [-0.25, -0.2) is 0 Å². The number of hydrogen-bond acceptors (Lipinski definition) is 2. The van der Waals surface area contributed by atoms with Crippen molar-refractivity contribution in [1.82, 2.24) is 4.90 Å². The lowest BCUT2D eigenvalue weighted by Gasteiger charge is -2.29. The monoisotopic (exact) mass is 258 g/mol. The zero-order chi connectivity index (χ0) is 13.2. The summed E-state index contributed by atoms with van der Waals surface area (Å²) in [5, 5.41) is 0. The maximum absolute atomic E-state index is 12.1. The zero-order valence-electron chi connectivity index (χ0n) is 10.1. The summed E-state index contributed by atoms with van der Waals surface area (Å²) < 4.78 is 36.2. The summed E-state index contributed by atoms with van der Waals surface area (Å²) in [4.78, 5) is 2.06. The van der Waals surface area contributed by atoms with Crippen LogP contribution in [0.5, 0.6) is 0 Å². The highest BCUT2D eigenvalue weighted by Crippen LogP contribution is 2.24. The van der Waals surface area contributed by atoms with E-state index < -0.39 is 12.6 Å². The molecule has 0 spiro atoms. The highest BCUT2D eigenvalue weighted by molar-refractivity contribution is 5.45. The largest absolute Gasteiger partial charge is 0.399 e. The molecule has 0 saturated heterocycles. The van der Waals surface area contributed by atoms with Gasteiger partial charge in [-0.2, -0.15) is 13.2 Å². The molecule has 5 heteroatoms. The van der Waals surface area contributed by atoms with E-state index in [9.17, 15) is 13.2 Å². The summed E-state index contributed by atoms with van der Waals surface area (Å²) in [6, 6.07) is 5.81. The molecule has 100 valence electrons. The Labute approximate surface area is 105 Å². The Hall–Kier alpha value is -1.23. The SMILES string of the molecule is Nc1ccc2c(c1)CN(CCCC(F)(F)F)CC2. The summed E-state index contributed by atoms with van der Waals surface area (Å²) in [5.74, 6) is 0. The van der Waals surface area contributed by atoms with Crippen molar-refractivity contribution >= 4 is 5.69 Å². The Bertz CT molecular complexity index is 415. The molecular formula is C13H17F3N2. The topological polar surface area (TPSA) is 29.3 Å². The second-order valence-electron chi connectivity index (χ2n) is 4.77. The molecule has 18 heavy (non-hydrogen) atoms. The highest BCUT2D eigenvalue weighted by Gasteiger charge is 2.26. The molecule has 0 amide bonds. The molecule has 0 aromatic heterocycles. The van der Waals surface area contributed by atoms with Crippen LogP contribution in [0.4, 0.5) is 18.9 Å². The van der Waals surface area contributed by atoms with Gasteiger partial charge in [0, 0.05) is 25.2 Å². The molecule has 0 bridgehead atoms. The van der Waals surface area contributed by atoms with Crippen LogP contribution in [0.25, 0.3) is 0 Å². The molecule has 1 aliphatic heterocycles. The molecule has 1 aliphatic rings. The molecule has 2 nitrogen and oxygen atoms in total. The van der Waals surface area contributed by atoms with Gasteiger partial charge in [0.05, 0.1) is 0 Å². The van der Waals surface area contributed by atoms with Crippen LogP contribution < -0.4 is 5.73 Å². The minimum absolute atomic E-state index is 0.168. The molecule has 1 heterocycles. The van der Waals surface area contributed by atoms with E-state index in [0.29, 0.717) is 18.8 Å². The van der Waals surface area contributed by atoms with Gasteiger partial charge in [-0.15, -0.1) is 0 Å². The number of nitrogens with zero attached hydrogens (tertiary/aromatic N) is 1. The minimum Gasteiger partial charge on any atom is -0.399 e. The second kappa shape index (κ2) is 5.18. The fourth-order valence-corrected chi connectivity index (χ4v) is 2.33. The number of hydrogen-bond donors (Lipinski definition) is 1. The first-order chi connectivity index (χ1) is 8.44. The summed E-state index contributed by atoms with van der Waals surface area (Å²) in [5.41, 5.74) is 8.84. The van der Waals surface area contributed by atoms with Gasteiger partial charge >= 0.3 is 6.18 Å². The van der Waals surface area contributed by atoms with Crippen LogP contribution in [0.2, 0.25) is 0 Å². The van der Waals surface area contributed by atoms with Crippen molar-refractivity contribution in [2.75, 3.05) is 18.8 Å². The molecule has 0 atom stereocenters. The van der Waals surface area contributed by atoms with Crippen LogP contribution in [0.3, 0.4) is 0 Å². The number of anilines is 1. The molecule has 0 saturated carbocycles. The summed E-state index contributed by atoms with van der Waals surface area (Å²) in [6.07, 6.45) is -3.69. The number of nitrogen functional groups attached to an aromatic ring is 1. The first-order valence-electron chi connectivity index (χ1n) is 6.10. The van der Waals surface area contributed by atoms with Crippen molar-refractivity contribution in [3.8, 4) is 0 Å². The average Bonchev–Trinajstić information content (AvgIpc) is 2.26. The van der Waals surface area contributed by atoms with Gasteiger partial charge in [0.25, 0.3) is 0 Å². The maximum atomic E-state index is 12.1. The van der Waals surface area contributed by atoms with E-state index in [1.54, 1.807) is 0 Å². The molecule has 1 aromatic carbocycles. The number of alkyl halides is 3. The van der Waals surface area contributed by atoms with Gasteiger partial charge < -0.3 is 5.73 Å². The fraction of sp³-hybridized carbons (Fsp3) is 0.538. The van der Waals surface area contributed by atoms with Crippen molar-refractivity contribution in [1.29, 1.82) is 0 Å². The number of rotatable bonds is 3. The van der Waals surface area contributed by atoms with Gasteiger partial charge in [0.15, 0.2) is 0 Å². The van der Waals surface area contributed by atoms with E-state index >= 15 is 0 Å². The molecule has 0 aliphatic carbocycles. The lowest BCUT2D eigenvalue weighted by Crippen LogP contribution is -2.32. The van der Waals surface area contributed by atoms with Crippen molar-refractivity contribution < 1.29 is 13.2 Å². The van der Waals surface area contributed by atoms with Crippen molar-refractivity contribution in [3.05, 3.63) is 29.3 Å². The number of nitrogens with two attached hydrogens (primary N) is 1. The summed E-state index contributed by atoms with van der Waals surface area (Å²) in [7, 11) is 0. The van der Waals surface area contributed by atoms with Crippen LogP contribution in [0.1, 0.15) is 24.0 Å². The average molecular weight is 258 g/mol. The Morgan fingerprint density at radius 3 is 2.72 bits per heavy atom. The van der Waals surface area contributed by atoms with Gasteiger partial charge in [0.2, 0.25) is 0 Å². The fourth-order valence-electron chi connectivity index (χ4n) is 2.33.